The molecular formula is C18H26IN7O2. The summed E-state index contributed by atoms with van der Waals surface area (Å²) in [5, 5.41) is 7.32. The maximum atomic E-state index is 11.5. The number of carbonyl (C=O) groups excluding carboxylic acids is 1. The minimum absolute atomic E-state index is 0. The number of pyridine rings is 1. The van der Waals surface area contributed by atoms with Crippen molar-refractivity contribution in [2.24, 2.45) is 4.99 Å². The second-order valence-electron chi connectivity index (χ2n) is 6.21. The number of piperazine rings is 1. The van der Waals surface area contributed by atoms with Crippen molar-refractivity contribution >= 4 is 35.8 Å². The molecule has 1 N–H and O–H groups in total. The fourth-order valence-corrected chi connectivity index (χ4v) is 2.87. The van der Waals surface area contributed by atoms with Gasteiger partial charge in [-0.3, -0.25) is 14.8 Å². The number of nitrogens with one attached hydrogen (secondary N) is 1. The summed E-state index contributed by atoms with van der Waals surface area (Å²) in [6, 6.07) is 5.55. The van der Waals surface area contributed by atoms with Crippen LogP contribution in [0.2, 0.25) is 0 Å². The Balaban J connectivity index is 0.00000280. The van der Waals surface area contributed by atoms with Crippen molar-refractivity contribution in [1.29, 1.82) is 0 Å². The van der Waals surface area contributed by atoms with E-state index < -0.39 is 0 Å². The number of carbonyl (C=O) groups is 1. The molecule has 2 aromatic heterocycles. The lowest BCUT2D eigenvalue weighted by atomic mass is 10.3. The number of nitrogens with zero attached hydrogens (tertiary/aromatic N) is 6. The van der Waals surface area contributed by atoms with Crippen molar-refractivity contribution < 1.29 is 9.32 Å². The van der Waals surface area contributed by atoms with E-state index in [9.17, 15) is 4.79 Å². The molecule has 0 unspecified atom stereocenters. The van der Waals surface area contributed by atoms with E-state index >= 15 is 0 Å². The van der Waals surface area contributed by atoms with Gasteiger partial charge in [-0.25, -0.2) is 0 Å². The molecule has 0 saturated carbocycles. The molecule has 9 nitrogen and oxygen atoms in total. The highest BCUT2D eigenvalue weighted by atomic mass is 127. The van der Waals surface area contributed by atoms with Gasteiger partial charge < -0.3 is 19.6 Å². The molecule has 0 radical (unpaired) electrons. The molecule has 2 aromatic rings. The highest BCUT2D eigenvalue weighted by Gasteiger charge is 2.20. The second-order valence-corrected chi connectivity index (χ2v) is 6.21. The maximum absolute atomic E-state index is 11.5. The number of guanidine groups is 1. The van der Waals surface area contributed by atoms with Crippen LogP contribution in [0.4, 0.5) is 0 Å². The van der Waals surface area contributed by atoms with Crippen molar-refractivity contribution in [3.63, 3.8) is 0 Å². The molecule has 0 spiro atoms. The van der Waals surface area contributed by atoms with Gasteiger partial charge in [0, 0.05) is 58.8 Å². The summed E-state index contributed by atoms with van der Waals surface area (Å²) in [6.45, 7) is 7.98. The molecule has 0 atom stereocenters. The quantitative estimate of drug-likeness (QED) is 0.378. The normalized spacial score (nSPS) is 14.6. The van der Waals surface area contributed by atoms with Gasteiger partial charge in [-0.15, -0.1) is 24.0 Å². The summed E-state index contributed by atoms with van der Waals surface area (Å²) in [5.74, 6) is 2.00. The highest BCUT2D eigenvalue weighted by Crippen LogP contribution is 2.13. The van der Waals surface area contributed by atoms with Gasteiger partial charge in [-0.05, 0) is 19.1 Å². The third-order valence-electron chi connectivity index (χ3n) is 4.31. The van der Waals surface area contributed by atoms with Gasteiger partial charge in [0.15, 0.2) is 11.8 Å². The molecule has 3 heterocycles. The Morgan fingerprint density at radius 3 is 2.64 bits per heavy atom. The number of halogens is 1. The van der Waals surface area contributed by atoms with Crippen LogP contribution in [0.1, 0.15) is 19.7 Å². The monoisotopic (exact) mass is 499 g/mol. The minimum Gasteiger partial charge on any atom is -0.357 e. The fraction of sp³-hybridized carbons (Fsp3) is 0.500. The van der Waals surface area contributed by atoms with Gasteiger partial charge in [-0.2, -0.15) is 4.98 Å². The van der Waals surface area contributed by atoms with Crippen molar-refractivity contribution in [2.45, 2.75) is 20.3 Å². The molecule has 1 amide bonds. The zero-order chi connectivity index (χ0) is 19.1. The van der Waals surface area contributed by atoms with Gasteiger partial charge in [0.25, 0.3) is 5.89 Å². The largest absolute Gasteiger partial charge is 0.357 e. The van der Waals surface area contributed by atoms with Crippen LogP contribution in [-0.4, -0.2) is 76.1 Å². The van der Waals surface area contributed by atoms with E-state index in [1.165, 1.54) is 0 Å². The van der Waals surface area contributed by atoms with E-state index in [2.05, 4.69) is 30.3 Å². The lowest BCUT2D eigenvalue weighted by Gasteiger charge is -2.36. The van der Waals surface area contributed by atoms with Gasteiger partial charge in [0.2, 0.25) is 5.91 Å². The van der Waals surface area contributed by atoms with Crippen LogP contribution in [0.5, 0.6) is 0 Å². The van der Waals surface area contributed by atoms with Crippen LogP contribution in [0.25, 0.3) is 11.6 Å². The summed E-state index contributed by atoms with van der Waals surface area (Å²) in [5.41, 5.74) is 0.663. The predicted molar refractivity (Wildman–Crippen MR) is 116 cm³/mol. The van der Waals surface area contributed by atoms with E-state index in [0.717, 1.165) is 38.7 Å². The highest BCUT2D eigenvalue weighted by molar-refractivity contribution is 14.0. The molecule has 10 heteroatoms. The van der Waals surface area contributed by atoms with E-state index in [4.69, 9.17) is 4.52 Å². The molecule has 0 bridgehead atoms. The molecule has 0 aliphatic carbocycles. The topological polar surface area (TPSA) is 99.8 Å². The van der Waals surface area contributed by atoms with Crippen molar-refractivity contribution in [3.05, 3.63) is 30.2 Å². The Hall–Kier alpha value is -2.24. The maximum Gasteiger partial charge on any atom is 0.276 e. The minimum atomic E-state index is 0. The van der Waals surface area contributed by atoms with Crippen LogP contribution in [0.3, 0.4) is 0 Å². The molecule has 1 aliphatic heterocycles. The lowest BCUT2D eigenvalue weighted by Crippen LogP contribution is -2.53. The van der Waals surface area contributed by atoms with E-state index in [0.29, 0.717) is 30.4 Å². The standard InChI is InChI=1S/C18H25N7O2.HI/c1-3-19-18(25-12-10-24(11-13-25)14(2)26)21-9-7-16-22-17(27-23-16)15-6-4-5-8-20-15;/h4-6,8H,3,7,9-13H2,1-2H3,(H,19,21);1H. The first-order valence-electron chi connectivity index (χ1n) is 9.20. The molecule has 0 aromatic carbocycles. The molecule has 1 fully saturated rings. The Bertz CT molecular complexity index is 773. The zero-order valence-electron chi connectivity index (χ0n) is 16.2. The Morgan fingerprint density at radius 1 is 1.25 bits per heavy atom. The first kappa shape index (κ1) is 22.1. The Kier molecular flexibility index (Phi) is 8.61. The zero-order valence-corrected chi connectivity index (χ0v) is 18.5. The van der Waals surface area contributed by atoms with E-state index in [-0.39, 0.29) is 29.9 Å². The van der Waals surface area contributed by atoms with Gasteiger partial charge in [-0.1, -0.05) is 11.2 Å². The molecule has 3 rings (SSSR count). The molecule has 28 heavy (non-hydrogen) atoms. The lowest BCUT2D eigenvalue weighted by molar-refractivity contribution is -0.130. The number of hydrogen-bond acceptors (Lipinski definition) is 6. The van der Waals surface area contributed by atoms with Crippen LogP contribution in [0, 0.1) is 0 Å². The first-order valence-corrected chi connectivity index (χ1v) is 9.20. The number of rotatable bonds is 5. The van der Waals surface area contributed by atoms with Crippen LogP contribution < -0.4 is 5.32 Å². The summed E-state index contributed by atoms with van der Waals surface area (Å²) in [7, 11) is 0. The Morgan fingerprint density at radius 2 is 2.00 bits per heavy atom. The van der Waals surface area contributed by atoms with Crippen LogP contribution >= 0.6 is 24.0 Å². The molecule has 1 aliphatic rings. The summed E-state index contributed by atoms with van der Waals surface area (Å²) >= 11 is 0. The molecular weight excluding hydrogens is 473 g/mol. The average molecular weight is 499 g/mol. The summed E-state index contributed by atoms with van der Waals surface area (Å²) in [4.78, 5) is 28.8. The number of aromatic nitrogens is 3. The van der Waals surface area contributed by atoms with Crippen LogP contribution in [-0.2, 0) is 11.2 Å². The first-order chi connectivity index (χ1) is 13.2. The number of aliphatic imine (C=N–C) groups is 1. The van der Waals surface area contributed by atoms with Gasteiger partial charge in [0.05, 0.1) is 0 Å². The molecule has 152 valence electrons. The van der Waals surface area contributed by atoms with E-state index in [1.807, 2.05) is 30.0 Å². The average Bonchev–Trinajstić information content (AvgIpc) is 3.17. The Labute approximate surface area is 181 Å². The number of amides is 1. The summed E-state index contributed by atoms with van der Waals surface area (Å²) < 4.78 is 5.27. The van der Waals surface area contributed by atoms with Crippen molar-refractivity contribution in [3.8, 4) is 11.6 Å². The fourth-order valence-electron chi connectivity index (χ4n) is 2.87. The third-order valence-corrected chi connectivity index (χ3v) is 4.31. The third kappa shape index (κ3) is 5.88. The predicted octanol–water partition coefficient (Wildman–Crippen LogP) is 1.42. The molecule has 1 saturated heterocycles. The second kappa shape index (κ2) is 10.9. The van der Waals surface area contributed by atoms with E-state index in [1.54, 1.807) is 13.1 Å². The van der Waals surface area contributed by atoms with Gasteiger partial charge >= 0.3 is 0 Å². The SMILES string of the molecule is CCNC(=NCCc1noc(-c2ccccn2)n1)N1CCN(C(C)=O)CC1.I. The van der Waals surface area contributed by atoms with Crippen LogP contribution in [0.15, 0.2) is 33.9 Å². The van der Waals surface area contributed by atoms with Crippen molar-refractivity contribution in [1.82, 2.24) is 30.2 Å². The smallest absolute Gasteiger partial charge is 0.276 e. The van der Waals surface area contributed by atoms with Crippen molar-refractivity contribution in [2.75, 3.05) is 39.3 Å². The van der Waals surface area contributed by atoms with Gasteiger partial charge in [0.1, 0.15) is 5.69 Å². The number of hydrogen-bond donors (Lipinski definition) is 1. The summed E-state index contributed by atoms with van der Waals surface area (Å²) in [6.07, 6.45) is 2.27.